The van der Waals surface area contributed by atoms with Gasteiger partial charge in [0.2, 0.25) is 5.91 Å². The average molecular weight is 331 g/mol. The zero-order valence-electron chi connectivity index (χ0n) is 11.7. The van der Waals surface area contributed by atoms with Gasteiger partial charge in [0.15, 0.2) is 9.84 Å². The molecule has 0 radical (unpaired) electrons. The van der Waals surface area contributed by atoms with E-state index in [4.69, 9.17) is 0 Å². The first-order valence-electron chi connectivity index (χ1n) is 6.73. The molecule has 0 saturated carbocycles. The summed E-state index contributed by atoms with van der Waals surface area (Å²) in [6, 6.07) is 6.17. The van der Waals surface area contributed by atoms with E-state index in [0.29, 0.717) is 17.7 Å². The maximum absolute atomic E-state index is 13.5. The minimum atomic E-state index is -3.00. The molecule has 7 heteroatoms. The Hall–Kier alpha value is -1.08. The van der Waals surface area contributed by atoms with Crippen molar-refractivity contribution < 1.29 is 17.6 Å². The van der Waals surface area contributed by atoms with Crippen LogP contribution in [-0.4, -0.2) is 37.1 Å². The minimum absolute atomic E-state index is 0.0173. The molecule has 116 valence electrons. The lowest BCUT2D eigenvalue weighted by Gasteiger charge is -2.15. The molecule has 1 saturated heterocycles. The maximum Gasteiger partial charge on any atom is 0.233 e. The van der Waals surface area contributed by atoms with Gasteiger partial charge < -0.3 is 5.32 Å². The summed E-state index contributed by atoms with van der Waals surface area (Å²) in [6.07, 6.45) is 0.471. The third-order valence-corrected chi connectivity index (χ3v) is 6.35. The lowest BCUT2D eigenvalue weighted by Crippen LogP contribution is -2.40. The Labute approximate surface area is 128 Å². The summed E-state index contributed by atoms with van der Waals surface area (Å²) in [5, 5.41) is 2.40. The predicted molar refractivity (Wildman–Crippen MR) is 82.4 cm³/mol. The van der Waals surface area contributed by atoms with Crippen molar-refractivity contribution in [3.05, 3.63) is 35.6 Å². The third-order valence-electron chi connectivity index (χ3n) is 3.39. The Bertz CT molecular complexity index is 618. The topological polar surface area (TPSA) is 63.2 Å². The lowest BCUT2D eigenvalue weighted by atomic mass is 10.2. The number of thioether (sulfide) groups is 1. The summed E-state index contributed by atoms with van der Waals surface area (Å²) < 4.78 is 36.2. The highest BCUT2D eigenvalue weighted by molar-refractivity contribution is 7.99. The highest BCUT2D eigenvalue weighted by Gasteiger charge is 2.30. The van der Waals surface area contributed by atoms with Crippen LogP contribution in [0.1, 0.15) is 18.9 Å². The standard InChI is InChI=1S/C14H18FNO3S2/c1-10(20-8-11-4-2-3-5-13(11)15)14(17)16-12-6-7-21(18,19)9-12/h2-5,10,12H,6-9H2,1H3,(H,16,17)/t10-,12+/m0/s1. The fourth-order valence-electron chi connectivity index (χ4n) is 2.13. The van der Waals surface area contributed by atoms with E-state index in [0.717, 1.165) is 0 Å². The number of benzene rings is 1. The van der Waals surface area contributed by atoms with E-state index in [1.165, 1.54) is 17.8 Å². The van der Waals surface area contributed by atoms with Gasteiger partial charge >= 0.3 is 0 Å². The molecule has 1 heterocycles. The molecule has 0 aliphatic carbocycles. The van der Waals surface area contributed by atoms with Gasteiger partial charge in [0.25, 0.3) is 0 Å². The molecule has 4 nitrogen and oxygen atoms in total. The molecular weight excluding hydrogens is 313 g/mol. The molecule has 2 rings (SSSR count). The van der Waals surface area contributed by atoms with Crippen molar-refractivity contribution >= 4 is 27.5 Å². The van der Waals surface area contributed by atoms with Gasteiger partial charge in [-0.15, -0.1) is 11.8 Å². The molecule has 21 heavy (non-hydrogen) atoms. The smallest absolute Gasteiger partial charge is 0.233 e. The van der Waals surface area contributed by atoms with Crippen LogP contribution in [0.2, 0.25) is 0 Å². The van der Waals surface area contributed by atoms with Crippen molar-refractivity contribution in [3.8, 4) is 0 Å². The Balaban J connectivity index is 1.82. The quantitative estimate of drug-likeness (QED) is 0.893. The molecule has 2 atom stereocenters. The fraction of sp³-hybridized carbons (Fsp3) is 0.500. The molecule has 0 bridgehead atoms. The Morgan fingerprint density at radius 3 is 2.81 bits per heavy atom. The first-order chi connectivity index (χ1) is 9.87. The molecule has 0 spiro atoms. The molecule has 1 N–H and O–H groups in total. The fourth-order valence-corrected chi connectivity index (χ4v) is 4.69. The molecule has 1 aromatic rings. The molecule has 1 aliphatic heterocycles. The SMILES string of the molecule is C[C@H](SCc1ccccc1F)C(=O)N[C@@H]1CCS(=O)(=O)C1. The van der Waals surface area contributed by atoms with Crippen LogP contribution < -0.4 is 5.32 Å². The molecule has 1 aliphatic rings. The molecule has 1 aromatic carbocycles. The van der Waals surface area contributed by atoms with E-state index in [1.54, 1.807) is 25.1 Å². The van der Waals surface area contributed by atoms with Crippen LogP contribution >= 0.6 is 11.8 Å². The zero-order chi connectivity index (χ0) is 15.5. The van der Waals surface area contributed by atoms with Crippen molar-refractivity contribution in [2.45, 2.75) is 30.4 Å². The van der Waals surface area contributed by atoms with Crippen LogP contribution in [0, 0.1) is 5.82 Å². The van der Waals surface area contributed by atoms with Gasteiger partial charge in [0, 0.05) is 11.8 Å². The number of hydrogen-bond acceptors (Lipinski definition) is 4. The molecular formula is C14H18FNO3S2. The molecule has 1 amide bonds. The number of carbonyl (C=O) groups excluding carboxylic acids is 1. The third kappa shape index (κ3) is 4.71. The first-order valence-corrected chi connectivity index (χ1v) is 9.60. The number of halogens is 1. The van der Waals surface area contributed by atoms with Crippen LogP contribution in [0.15, 0.2) is 24.3 Å². The van der Waals surface area contributed by atoms with E-state index >= 15 is 0 Å². The van der Waals surface area contributed by atoms with Crippen molar-refractivity contribution in [1.29, 1.82) is 0 Å². The summed E-state index contributed by atoms with van der Waals surface area (Å²) in [5.74, 6) is 0.0838. The Morgan fingerprint density at radius 2 is 2.19 bits per heavy atom. The minimum Gasteiger partial charge on any atom is -0.351 e. The zero-order valence-corrected chi connectivity index (χ0v) is 13.3. The van der Waals surface area contributed by atoms with E-state index in [-0.39, 0.29) is 34.5 Å². The maximum atomic E-state index is 13.5. The highest BCUT2D eigenvalue weighted by Crippen LogP contribution is 2.20. The van der Waals surface area contributed by atoms with Gasteiger partial charge in [-0.2, -0.15) is 0 Å². The second-order valence-corrected chi connectivity index (χ2v) is 8.71. The summed E-state index contributed by atoms with van der Waals surface area (Å²) in [6.45, 7) is 1.74. The number of amides is 1. The van der Waals surface area contributed by atoms with Gasteiger partial charge in [-0.25, -0.2) is 12.8 Å². The van der Waals surface area contributed by atoms with Crippen LogP contribution in [0.3, 0.4) is 0 Å². The highest BCUT2D eigenvalue weighted by atomic mass is 32.2. The number of sulfone groups is 1. The van der Waals surface area contributed by atoms with Gasteiger partial charge in [0.05, 0.1) is 16.8 Å². The predicted octanol–water partition coefficient (Wildman–Crippen LogP) is 1.75. The van der Waals surface area contributed by atoms with Gasteiger partial charge in [-0.3, -0.25) is 4.79 Å². The molecule has 0 aromatic heterocycles. The van der Waals surface area contributed by atoms with Crippen molar-refractivity contribution in [2.75, 3.05) is 11.5 Å². The molecule has 1 fully saturated rings. The van der Waals surface area contributed by atoms with Gasteiger partial charge in [0.1, 0.15) is 5.82 Å². The summed E-state index contributed by atoms with van der Waals surface area (Å²) >= 11 is 1.33. The van der Waals surface area contributed by atoms with Crippen LogP contribution in [0.25, 0.3) is 0 Å². The molecule has 0 unspecified atom stereocenters. The summed E-state index contributed by atoms with van der Waals surface area (Å²) in [7, 11) is -3.00. The number of rotatable bonds is 5. The van der Waals surface area contributed by atoms with E-state index in [2.05, 4.69) is 5.32 Å². The monoisotopic (exact) mass is 331 g/mol. The lowest BCUT2D eigenvalue weighted by molar-refractivity contribution is -0.120. The second kappa shape index (κ2) is 6.79. The summed E-state index contributed by atoms with van der Waals surface area (Å²) in [5.41, 5.74) is 0.561. The largest absolute Gasteiger partial charge is 0.351 e. The van der Waals surface area contributed by atoms with E-state index in [9.17, 15) is 17.6 Å². The van der Waals surface area contributed by atoms with Crippen LogP contribution in [0.4, 0.5) is 4.39 Å². The van der Waals surface area contributed by atoms with E-state index < -0.39 is 9.84 Å². The van der Waals surface area contributed by atoms with Crippen molar-refractivity contribution in [3.63, 3.8) is 0 Å². The normalized spacial score (nSPS) is 21.9. The second-order valence-electron chi connectivity index (χ2n) is 5.15. The van der Waals surface area contributed by atoms with Crippen molar-refractivity contribution in [1.82, 2.24) is 5.32 Å². The van der Waals surface area contributed by atoms with Gasteiger partial charge in [-0.05, 0) is 25.0 Å². The van der Waals surface area contributed by atoms with Gasteiger partial charge in [-0.1, -0.05) is 18.2 Å². The Kier molecular flexibility index (Phi) is 5.27. The Morgan fingerprint density at radius 1 is 1.48 bits per heavy atom. The number of carbonyl (C=O) groups is 1. The average Bonchev–Trinajstić information content (AvgIpc) is 2.76. The summed E-state index contributed by atoms with van der Waals surface area (Å²) in [4.78, 5) is 12.0. The van der Waals surface area contributed by atoms with Crippen LogP contribution in [0.5, 0.6) is 0 Å². The van der Waals surface area contributed by atoms with Crippen molar-refractivity contribution in [2.24, 2.45) is 0 Å². The van der Waals surface area contributed by atoms with Crippen LogP contribution in [-0.2, 0) is 20.4 Å². The number of hydrogen-bond donors (Lipinski definition) is 1. The van der Waals surface area contributed by atoms with E-state index in [1.807, 2.05) is 0 Å². The number of nitrogens with one attached hydrogen (secondary N) is 1. The first kappa shape index (κ1) is 16.3.